The van der Waals surface area contributed by atoms with Crippen LogP contribution in [0.25, 0.3) is 0 Å². The van der Waals surface area contributed by atoms with Crippen LogP contribution in [0, 0.1) is 20.8 Å². The number of benzene rings is 1. The van der Waals surface area contributed by atoms with Gasteiger partial charge in [0.2, 0.25) is 5.91 Å². The molecule has 0 unspecified atom stereocenters. The van der Waals surface area contributed by atoms with Crippen molar-refractivity contribution < 1.29 is 4.79 Å². The lowest BCUT2D eigenvalue weighted by Crippen LogP contribution is -2.48. The van der Waals surface area contributed by atoms with Crippen LogP contribution in [0.3, 0.4) is 0 Å². The van der Waals surface area contributed by atoms with Crippen molar-refractivity contribution in [3.63, 3.8) is 0 Å². The van der Waals surface area contributed by atoms with Gasteiger partial charge in [-0.25, -0.2) is 0 Å². The first-order valence-corrected chi connectivity index (χ1v) is 6.63. The van der Waals surface area contributed by atoms with E-state index in [1.165, 1.54) is 22.3 Å². The highest BCUT2D eigenvalue weighted by atomic mass is 16.2. The highest BCUT2D eigenvalue weighted by Gasteiger charge is 2.17. The molecule has 0 atom stereocenters. The van der Waals surface area contributed by atoms with Crippen molar-refractivity contribution in [2.75, 3.05) is 26.2 Å². The molecule has 0 radical (unpaired) electrons. The van der Waals surface area contributed by atoms with Gasteiger partial charge in [0.25, 0.3) is 0 Å². The molecular formula is C15H22N2O. The van der Waals surface area contributed by atoms with E-state index in [1.807, 2.05) is 4.90 Å². The first kappa shape index (κ1) is 13.1. The first-order chi connectivity index (χ1) is 8.58. The summed E-state index contributed by atoms with van der Waals surface area (Å²) in [6.45, 7) is 9.53. The molecule has 2 rings (SSSR count). The average Bonchev–Trinajstić information content (AvgIpc) is 2.30. The number of hydrogen-bond donors (Lipinski definition) is 1. The Morgan fingerprint density at radius 3 is 2.50 bits per heavy atom. The van der Waals surface area contributed by atoms with Gasteiger partial charge in [0.05, 0.1) is 6.54 Å². The summed E-state index contributed by atoms with van der Waals surface area (Å²) < 4.78 is 0. The number of carbonyl (C=O) groups excluding carboxylic acids is 1. The van der Waals surface area contributed by atoms with Gasteiger partial charge >= 0.3 is 0 Å². The number of nitrogens with zero attached hydrogens (tertiary/aromatic N) is 1. The van der Waals surface area contributed by atoms with Crippen LogP contribution in [-0.4, -0.2) is 37.0 Å². The van der Waals surface area contributed by atoms with Crippen molar-refractivity contribution in [1.29, 1.82) is 0 Å². The van der Waals surface area contributed by atoms with Gasteiger partial charge < -0.3 is 10.2 Å². The van der Waals surface area contributed by atoms with E-state index >= 15 is 0 Å². The van der Waals surface area contributed by atoms with Crippen molar-refractivity contribution in [2.45, 2.75) is 27.2 Å². The quantitative estimate of drug-likeness (QED) is 0.878. The van der Waals surface area contributed by atoms with Crippen LogP contribution in [0.4, 0.5) is 0 Å². The van der Waals surface area contributed by atoms with E-state index in [2.05, 4.69) is 38.2 Å². The summed E-state index contributed by atoms with van der Waals surface area (Å²) in [6.07, 6.45) is 0.962. The fourth-order valence-electron chi connectivity index (χ4n) is 2.73. The predicted molar refractivity (Wildman–Crippen MR) is 73.8 cm³/mol. The number of hydrogen-bond acceptors (Lipinski definition) is 2. The van der Waals surface area contributed by atoms with Gasteiger partial charge in [-0.3, -0.25) is 4.79 Å². The second kappa shape index (κ2) is 5.53. The molecule has 0 aromatic heterocycles. The molecule has 3 nitrogen and oxygen atoms in total. The van der Waals surface area contributed by atoms with E-state index in [0.29, 0.717) is 6.54 Å². The van der Waals surface area contributed by atoms with Crippen LogP contribution in [0.2, 0.25) is 0 Å². The number of carbonyl (C=O) groups is 1. The summed E-state index contributed by atoms with van der Waals surface area (Å²) in [5, 5.41) is 3.10. The molecule has 18 heavy (non-hydrogen) atoms. The Balaban J connectivity index is 2.04. The molecular weight excluding hydrogens is 224 g/mol. The molecule has 1 aliphatic rings. The molecule has 0 bridgehead atoms. The second-order valence-corrected chi connectivity index (χ2v) is 5.18. The van der Waals surface area contributed by atoms with Crippen molar-refractivity contribution in [3.8, 4) is 0 Å². The third-order valence-electron chi connectivity index (χ3n) is 3.66. The van der Waals surface area contributed by atoms with Crippen molar-refractivity contribution in [3.05, 3.63) is 34.4 Å². The molecule has 0 saturated carbocycles. The molecule has 3 heteroatoms. The van der Waals surface area contributed by atoms with Crippen LogP contribution in [-0.2, 0) is 11.2 Å². The number of amides is 1. The Bertz CT molecular complexity index is 431. The lowest BCUT2D eigenvalue weighted by molar-refractivity contribution is -0.131. The lowest BCUT2D eigenvalue weighted by Gasteiger charge is -2.27. The van der Waals surface area contributed by atoms with Gasteiger partial charge in [0.15, 0.2) is 0 Å². The van der Waals surface area contributed by atoms with Crippen LogP contribution in [0.15, 0.2) is 12.1 Å². The van der Waals surface area contributed by atoms with E-state index in [1.54, 1.807) is 0 Å². The second-order valence-electron chi connectivity index (χ2n) is 5.18. The maximum atomic E-state index is 11.7. The smallest absolute Gasteiger partial charge is 0.236 e. The maximum absolute atomic E-state index is 11.7. The number of piperazine rings is 1. The average molecular weight is 246 g/mol. The topological polar surface area (TPSA) is 32.3 Å². The molecule has 1 saturated heterocycles. The highest BCUT2D eigenvalue weighted by Crippen LogP contribution is 2.17. The summed E-state index contributed by atoms with van der Waals surface area (Å²) in [4.78, 5) is 13.7. The number of nitrogens with one attached hydrogen (secondary N) is 1. The molecule has 1 aliphatic heterocycles. The molecule has 1 aromatic rings. The minimum atomic E-state index is 0.226. The Labute approximate surface area is 109 Å². The zero-order chi connectivity index (χ0) is 13.1. The van der Waals surface area contributed by atoms with Gasteiger partial charge in [-0.15, -0.1) is 0 Å². The minimum Gasteiger partial charge on any atom is -0.340 e. The van der Waals surface area contributed by atoms with E-state index < -0.39 is 0 Å². The van der Waals surface area contributed by atoms with Crippen LogP contribution in [0.5, 0.6) is 0 Å². The lowest BCUT2D eigenvalue weighted by atomic mass is 9.97. The van der Waals surface area contributed by atoms with E-state index in [4.69, 9.17) is 0 Å². The summed E-state index contributed by atoms with van der Waals surface area (Å²) >= 11 is 0. The van der Waals surface area contributed by atoms with Gasteiger partial charge in [-0.2, -0.15) is 0 Å². The van der Waals surface area contributed by atoms with Gasteiger partial charge in [0.1, 0.15) is 0 Å². The van der Waals surface area contributed by atoms with Gasteiger partial charge in [-0.05, 0) is 43.9 Å². The predicted octanol–water partition coefficient (Wildman–Crippen LogP) is 1.59. The highest BCUT2D eigenvalue weighted by molar-refractivity contribution is 5.79. The third-order valence-corrected chi connectivity index (χ3v) is 3.66. The van der Waals surface area contributed by atoms with Gasteiger partial charge in [0, 0.05) is 19.6 Å². The standard InChI is InChI=1S/C15H22N2O/c1-11-8-12(2)14(13(3)9-11)4-6-17-7-5-16-10-15(17)18/h8-9,16H,4-7,10H2,1-3H3. The molecule has 98 valence electrons. The summed E-state index contributed by atoms with van der Waals surface area (Å²) in [5.74, 6) is 0.226. The fourth-order valence-corrected chi connectivity index (χ4v) is 2.73. The molecule has 1 aromatic carbocycles. The van der Waals surface area contributed by atoms with E-state index in [-0.39, 0.29) is 5.91 Å². The first-order valence-electron chi connectivity index (χ1n) is 6.63. The number of rotatable bonds is 3. The van der Waals surface area contributed by atoms with E-state index in [9.17, 15) is 4.79 Å². The van der Waals surface area contributed by atoms with E-state index in [0.717, 1.165) is 26.1 Å². The molecule has 1 amide bonds. The fraction of sp³-hybridized carbons (Fsp3) is 0.533. The molecule has 0 spiro atoms. The zero-order valence-corrected chi connectivity index (χ0v) is 11.5. The monoisotopic (exact) mass is 246 g/mol. The molecule has 1 N–H and O–H groups in total. The van der Waals surface area contributed by atoms with Crippen molar-refractivity contribution >= 4 is 5.91 Å². The van der Waals surface area contributed by atoms with Gasteiger partial charge in [-0.1, -0.05) is 17.7 Å². The Morgan fingerprint density at radius 2 is 1.89 bits per heavy atom. The maximum Gasteiger partial charge on any atom is 0.236 e. The molecule has 1 fully saturated rings. The number of aryl methyl sites for hydroxylation is 3. The summed E-state index contributed by atoms with van der Waals surface area (Å²) in [6, 6.07) is 4.45. The molecule has 1 heterocycles. The normalized spacial score (nSPS) is 16.2. The molecule has 0 aliphatic carbocycles. The van der Waals surface area contributed by atoms with Crippen LogP contribution < -0.4 is 5.32 Å². The Hall–Kier alpha value is -1.35. The third kappa shape index (κ3) is 2.91. The summed E-state index contributed by atoms with van der Waals surface area (Å²) in [7, 11) is 0. The Kier molecular flexibility index (Phi) is 4.02. The van der Waals surface area contributed by atoms with Crippen LogP contribution >= 0.6 is 0 Å². The SMILES string of the molecule is Cc1cc(C)c(CCN2CCNCC2=O)c(C)c1. The summed E-state index contributed by atoms with van der Waals surface area (Å²) in [5.41, 5.74) is 5.39. The Morgan fingerprint density at radius 1 is 1.22 bits per heavy atom. The van der Waals surface area contributed by atoms with Crippen LogP contribution in [0.1, 0.15) is 22.3 Å². The zero-order valence-electron chi connectivity index (χ0n) is 11.5. The minimum absolute atomic E-state index is 0.226. The van der Waals surface area contributed by atoms with Crippen molar-refractivity contribution in [1.82, 2.24) is 10.2 Å². The largest absolute Gasteiger partial charge is 0.340 e. The van der Waals surface area contributed by atoms with Crippen molar-refractivity contribution in [2.24, 2.45) is 0 Å².